The van der Waals surface area contributed by atoms with Crippen molar-refractivity contribution in [3.8, 4) is 0 Å². The number of rotatable bonds is 6. The molecule has 0 radical (unpaired) electrons. The van der Waals surface area contributed by atoms with Gasteiger partial charge in [-0.05, 0) is 17.9 Å². The molecule has 1 N–H and O–H groups in total. The molecule has 0 spiro atoms. The first-order valence-corrected chi connectivity index (χ1v) is 9.89. The Bertz CT molecular complexity index is 571. The van der Waals surface area contributed by atoms with Gasteiger partial charge >= 0.3 is 5.97 Å². The Hall–Kier alpha value is -1.49. The van der Waals surface area contributed by atoms with Gasteiger partial charge in [0.05, 0.1) is 5.37 Å². The minimum absolute atomic E-state index is 0.0141. The van der Waals surface area contributed by atoms with Crippen LogP contribution in [0.3, 0.4) is 0 Å². The van der Waals surface area contributed by atoms with Gasteiger partial charge < -0.3 is 10.0 Å². The second kappa shape index (κ2) is 8.06. The molecule has 1 aliphatic heterocycles. The molecule has 1 heterocycles. The summed E-state index contributed by atoms with van der Waals surface area (Å²) in [6.07, 6.45) is 7.09. The Morgan fingerprint density at radius 3 is 2.54 bits per heavy atom. The Morgan fingerprint density at radius 2 is 1.88 bits per heavy atom. The van der Waals surface area contributed by atoms with Gasteiger partial charge in [0.2, 0.25) is 5.91 Å². The molecule has 1 aromatic carbocycles. The van der Waals surface area contributed by atoms with E-state index < -0.39 is 12.0 Å². The number of hydrogen-bond donors (Lipinski definition) is 1. The van der Waals surface area contributed by atoms with Crippen molar-refractivity contribution in [3.05, 3.63) is 35.9 Å². The van der Waals surface area contributed by atoms with Crippen LogP contribution >= 0.6 is 11.8 Å². The van der Waals surface area contributed by atoms with Crippen LogP contribution in [-0.4, -0.2) is 39.1 Å². The van der Waals surface area contributed by atoms with Crippen LogP contribution in [0.1, 0.15) is 44.1 Å². The number of carbonyl (C=O) groups is 2. The lowest BCUT2D eigenvalue weighted by atomic mass is 10.0. The molecule has 5 heteroatoms. The molecule has 2 unspecified atom stereocenters. The molecule has 130 valence electrons. The molecule has 2 atom stereocenters. The zero-order chi connectivity index (χ0) is 16.9. The lowest BCUT2D eigenvalue weighted by Crippen LogP contribution is -2.46. The van der Waals surface area contributed by atoms with E-state index >= 15 is 0 Å². The minimum Gasteiger partial charge on any atom is -0.480 e. The third-order valence-corrected chi connectivity index (χ3v) is 6.45. The van der Waals surface area contributed by atoms with Gasteiger partial charge in [0.15, 0.2) is 0 Å². The van der Waals surface area contributed by atoms with Crippen LogP contribution in [0.5, 0.6) is 0 Å². The Labute approximate surface area is 147 Å². The second-order valence-electron chi connectivity index (χ2n) is 6.82. The molecule has 1 saturated heterocycles. The van der Waals surface area contributed by atoms with Crippen molar-refractivity contribution in [2.45, 2.75) is 56.4 Å². The number of nitrogens with zero attached hydrogens (tertiary/aromatic N) is 1. The molecule has 2 aliphatic rings. The van der Waals surface area contributed by atoms with Crippen molar-refractivity contribution in [2.24, 2.45) is 5.92 Å². The molecule has 24 heavy (non-hydrogen) atoms. The van der Waals surface area contributed by atoms with Gasteiger partial charge in [-0.2, -0.15) is 0 Å². The summed E-state index contributed by atoms with van der Waals surface area (Å²) in [7, 11) is 0. The third kappa shape index (κ3) is 4.12. The maximum absolute atomic E-state index is 12.8. The van der Waals surface area contributed by atoms with Crippen molar-refractivity contribution in [1.82, 2.24) is 4.90 Å². The van der Waals surface area contributed by atoms with Crippen LogP contribution in [0.4, 0.5) is 0 Å². The van der Waals surface area contributed by atoms with Gasteiger partial charge in [-0.15, -0.1) is 11.8 Å². The maximum atomic E-state index is 12.8. The predicted molar refractivity (Wildman–Crippen MR) is 95.9 cm³/mol. The topological polar surface area (TPSA) is 57.6 Å². The fraction of sp³-hybridized carbons (Fsp3) is 0.579. The molecule has 1 saturated carbocycles. The van der Waals surface area contributed by atoms with Gasteiger partial charge in [-0.25, -0.2) is 4.79 Å². The van der Waals surface area contributed by atoms with E-state index in [9.17, 15) is 14.7 Å². The van der Waals surface area contributed by atoms with Crippen molar-refractivity contribution >= 4 is 23.6 Å². The Balaban J connectivity index is 1.66. The van der Waals surface area contributed by atoms with E-state index in [0.717, 1.165) is 12.0 Å². The molecule has 1 amide bonds. The maximum Gasteiger partial charge on any atom is 0.327 e. The smallest absolute Gasteiger partial charge is 0.327 e. The summed E-state index contributed by atoms with van der Waals surface area (Å²) in [5.41, 5.74) is 1.15. The number of thioether (sulfide) groups is 1. The SMILES string of the molecule is O=C(O)C1CSC(Cc2ccccc2)N1C(=O)CCC1CCCC1. The molecule has 3 rings (SSSR count). The number of carboxylic acid groups (broad SMARTS) is 1. The average molecular weight is 347 g/mol. The standard InChI is InChI=1S/C19H25NO3S/c21-17(11-10-14-6-4-5-7-14)20-16(19(22)23)13-24-18(20)12-15-8-2-1-3-9-15/h1-3,8-9,14,16,18H,4-7,10-13H2,(H,22,23). The first-order chi connectivity index (χ1) is 11.6. The van der Waals surface area contributed by atoms with Gasteiger partial charge in [0.1, 0.15) is 6.04 Å². The molecule has 0 bridgehead atoms. The van der Waals surface area contributed by atoms with Crippen LogP contribution in [0.15, 0.2) is 30.3 Å². The van der Waals surface area contributed by atoms with Crippen LogP contribution in [0.2, 0.25) is 0 Å². The number of carbonyl (C=O) groups excluding carboxylic acids is 1. The highest BCUT2D eigenvalue weighted by molar-refractivity contribution is 8.00. The average Bonchev–Trinajstić information content (AvgIpc) is 3.23. The summed E-state index contributed by atoms with van der Waals surface area (Å²) in [4.78, 5) is 26.0. The van der Waals surface area contributed by atoms with Crippen molar-refractivity contribution < 1.29 is 14.7 Å². The molecular formula is C19H25NO3S. The molecule has 4 nitrogen and oxygen atoms in total. The van der Waals surface area contributed by atoms with E-state index in [1.54, 1.807) is 16.7 Å². The monoisotopic (exact) mass is 347 g/mol. The van der Waals surface area contributed by atoms with Gasteiger partial charge in [0, 0.05) is 18.6 Å². The highest BCUT2D eigenvalue weighted by Gasteiger charge is 2.41. The van der Waals surface area contributed by atoms with Gasteiger partial charge in [0.25, 0.3) is 0 Å². The molecule has 2 fully saturated rings. The van der Waals surface area contributed by atoms with Crippen molar-refractivity contribution in [2.75, 3.05) is 5.75 Å². The lowest BCUT2D eigenvalue weighted by molar-refractivity contribution is -0.149. The normalized spacial score (nSPS) is 24.4. The fourth-order valence-electron chi connectivity index (χ4n) is 3.82. The fourth-order valence-corrected chi connectivity index (χ4v) is 5.26. The minimum atomic E-state index is -0.882. The lowest BCUT2D eigenvalue weighted by Gasteiger charge is -2.28. The Kier molecular flexibility index (Phi) is 5.82. The zero-order valence-electron chi connectivity index (χ0n) is 13.9. The summed E-state index contributed by atoms with van der Waals surface area (Å²) >= 11 is 1.59. The second-order valence-corrected chi connectivity index (χ2v) is 8.03. The molecule has 1 aliphatic carbocycles. The van der Waals surface area contributed by atoms with Crippen LogP contribution < -0.4 is 0 Å². The summed E-state index contributed by atoms with van der Waals surface area (Å²) in [5, 5.41) is 9.42. The first kappa shape index (κ1) is 17.3. The van der Waals surface area contributed by atoms with Crippen molar-refractivity contribution in [3.63, 3.8) is 0 Å². The molecule has 0 aromatic heterocycles. The van der Waals surface area contributed by atoms with Crippen LogP contribution in [0.25, 0.3) is 0 Å². The van der Waals surface area contributed by atoms with E-state index in [4.69, 9.17) is 0 Å². The predicted octanol–water partition coefficient (Wildman–Crippen LogP) is 3.55. The van der Waals surface area contributed by atoms with E-state index in [-0.39, 0.29) is 11.3 Å². The number of carboxylic acids is 1. The summed E-state index contributed by atoms with van der Waals surface area (Å²) in [6, 6.07) is 9.33. The van der Waals surface area contributed by atoms with Gasteiger partial charge in [-0.3, -0.25) is 4.79 Å². The summed E-state index contributed by atoms with van der Waals surface area (Å²) in [6.45, 7) is 0. The number of hydrogen-bond acceptors (Lipinski definition) is 3. The zero-order valence-corrected chi connectivity index (χ0v) is 14.7. The highest BCUT2D eigenvalue weighted by Crippen LogP contribution is 2.34. The molecule has 1 aromatic rings. The number of benzene rings is 1. The van der Waals surface area contributed by atoms with E-state index in [0.29, 0.717) is 24.5 Å². The quantitative estimate of drug-likeness (QED) is 0.855. The summed E-state index contributed by atoms with van der Waals surface area (Å²) in [5.74, 6) is 0.273. The van der Waals surface area contributed by atoms with E-state index in [1.807, 2.05) is 30.3 Å². The third-order valence-electron chi connectivity index (χ3n) is 5.16. The van der Waals surface area contributed by atoms with Gasteiger partial charge in [-0.1, -0.05) is 56.0 Å². The molecular weight excluding hydrogens is 322 g/mol. The Morgan fingerprint density at radius 1 is 1.17 bits per heavy atom. The largest absolute Gasteiger partial charge is 0.480 e. The van der Waals surface area contributed by atoms with Crippen molar-refractivity contribution in [1.29, 1.82) is 0 Å². The van der Waals surface area contributed by atoms with E-state index in [2.05, 4.69) is 0 Å². The number of amides is 1. The first-order valence-electron chi connectivity index (χ1n) is 8.84. The van der Waals surface area contributed by atoms with Crippen LogP contribution in [-0.2, 0) is 16.0 Å². The van der Waals surface area contributed by atoms with Crippen LogP contribution in [0, 0.1) is 5.92 Å². The summed E-state index contributed by atoms with van der Waals surface area (Å²) < 4.78 is 0. The van der Waals surface area contributed by atoms with E-state index in [1.165, 1.54) is 25.7 Å². The highest BCUT2D eigenvalue weighted by atomic mass is 32.2. The number of aliphatic carboxylic acids is 1.